The summed E-state index contributed by atoms with van der Waals surface area (Å²) in [4.78, 5) is 2.65. The van der Waals surface area contributed by atoms with Crippen molar-refractivity contribution in [2.45, 2.75) is 43.7 Å². The number of aromatic amines is 1. The fourth-order valence-corrected chi connectivity index (χ4v) is 4.38. The Balaban J connectivity index is 1.83. The van der Waals surface area contributed by atoms with Crippen molar-refractivity contribution in [2.24, 2.45) is 5.41 Å². The summed E-state index contributed by atoms with van der Waals surface area (Å²) in [5, 5.41) is 0. The number of hydrogen-bond acceptors (Lipinski definition) is 2. The second-order valence-corrected chi connectivity index (χ2v) is 9.16. The zero-order valence-electron chi connectivity index (χ0n) is 14.4. The fraction of sp³-hybridized carbons (Fsp3) is 0.412. The molecule has 1 fully saturated rings. The number of sulfonamides is 1. The van der Waals surface area contributed by atoms with Crippen LogP contribution in [0.3, 0.4) is 0 Å². The molecule has 1 aliphatic rings. The number of anilines is 1. The minimum atomic E-state index is -5.09. The van der Waals surface area contributed by atoms with Crippen LogP contribution in [0.15, 0.2) is 29.3 Å². The molecule has 0 bridgehead atoms. The van der Waals surface area contributed by atoms with E-state index in [0.717, 1.165) is 12.8 Å². The van der Waals surface area contributed by atoms with E-state index >= 15 is 0 Å². The molecule has 1 aliphatic carbocycles. The number of H-pyrrole nitrogens is 1. The van der Waals surface area contributed by atoms with Crippen molar-refractivity contribution < 1.29 is 30.4 Å². The smallest absolute Gasteiger partial charge is 0.363 e. The van der Waals surface area contributed by atoms with Gasteiger partial charge in [0.05, 0.1) is 11.3 Å². The zero-order valence-corrected chi connectivity index (χ0v) is 15.2. The molecule has 0 amide bonds. The quantitative estimate of drug-likeness (QED) is 0.698. The van der Waals surface area contributed by atoms with E-state index in [1.807, 2.05) is 0 Å². The van der Waals surface area contributed by atoms with Gasteiger partial charge in [0, 0.05) is 23.9 Å². The molecule has 0 radical (unpaired) electrons. The second kappa shape index (κ2) is 6.22. The molecule has 10 heteroatoms. The molecule has 0 aliphatic heterocycles. The largest absolute Gasteiger partial charge is 0.419 e. The van der Waals surface area contributed by atoms with Gasteiger partial charge in [-0.1, -0.05) is 13.8 Å². The SMILES string of the molecule is CC1(C)CC(c2cc(S(=O)(=O)Nc3cc(F)c(C(F)(F)F)cc3F)c[nH]2)C1. The van der Waals surface area contributed by atoms with Crippen molar-refractivity contribution in [2.75, 3.05) is 4.72 Å². The summed E-state index contributed by atoms with van der Waals surface area (Å²) in [7, 11) is -4.30. The Hall–Kier alpha value is -2.10. The minimum Gasteiger partial charge on any atom is -0.363 e. The van der Waals surface area contributed by atoms with Crippen molar-refractivity contribution in [3.05, 3.63) is 47.3 Å². The van der Waals surface area contributed by atoms with E-state index in [9.17, 15) is 30.4 Å². The number of nitrogens with one attached hydrogen (secondary N) is 2. The molecule has 2 N–H and O–H groups in total. The number of benzene rings is 1. The molecule has 2 aromatic rings. The third-order valence-electron chi connectivity index (χ3n) is 4.63. The lowest BCUT2D eigenvalue weighted by atomic mass is 9.63. The van der Waals surface area contributed by atoms with Crippen molar-refractivity contribution in [1.82, 2.24) is 4.98 Å². The summed E-state index contributed by atoms with van der Waals surface area (Å²) in [5.74, 6) is -3.12. The predicted molar refractivity (Wildman–Crippen MR) is 88.7 cm³/mol. The Morgan fingerprint density at radius 2 is 1.74 bits per heavy atom. The molecule has 1 aromatic carbocycles. The maximum Gasteiger partial charge on any atom is 0.419 e. The van der Waals surface area contributed by atoms with Crippen LogP contribution in [0.1, 0.15) is 43.9 Å². The van der Waals surface area contributed by atoms with Gasteiger partial charge in [-0.15, -0.1) is 0 Å². The molecule has 27 heavy (non-hydrogen) atoms. The lowest BCUT2D eigenvalue weighted by Gasteiger charge is -2.42. The highest BCUT2D eigenvalue weighted by molar-refractivity contribution is 7.92. The second-order valence-electron chi connectivity index (χ2n) is 7.48. The van der Waals surface area contributed by atoms with Crippen LogP contribution in [0.4, 0.5) is 27.6 Å². The Labute approximate surface area is 152 Å². The first kappa shape index (κ1) is 19.7. The van der Waals surface area contributed by atoms with Crippen LogP contribution in [-0.2, 0) is 16.2 Å². The van der Waals surface area contributed by atoms with Gasteiger partial charge in [-0.05, 0) is 30.4 Å². The summed E-state index contributed by atoms with van der Waals surface area (Å²) in [6.45, 7) is 4.18. The van der Waals surface area contributed by atoms with Gasteiger partial charge in [-0.25, -0.2) is 17.2 Å². The van der Waals surface area contributed by atoms with Crippen LogP contribution in [0.5, 0.6) is 0 Å². The molecular weight excluding hydrogens is 391 g/mol. The molecule has 1 heterocycles. The summed E-state index contributed by atoms with van der Waals surface area (Å²) in [5.41, 5.74) is -1.82. The monoisotopic (exact) mass is 408 g/mol. The van der Waals surface area contributed by atoms with Crippen molar-refractivity contribution >= 4 is 15.7 Å². The van der Waals surface area contributed by atoms with Crippen LogP contribution >= 0.6 is 0 Å². The summed E-state index contributed by atoms with van der Waals surface area (Å²) in [6, 6.07) is 1.49. The Morgan fingerprint density at radius 3 is 2.30 bits per heavy atom. The van der Waals surface area contributed by atoms with Gasteiger partial charge in [0.15, 0.2) is 0 Å². The Bertz CT molecular complexity index is 972. The van der Waals surface area contributed by atoms with Gasteiger partial charge in [-0.3, -0.25) is 4.72 Å². The van der Waals surface area contributed by atoms with E-state index in [4.69, 9.17) is 0 Å². The van der Waals surface area contributed by atoms with Crippen molar-refractivity contribution in [3.63, 3.8) is 0 Å². The third-order valence-corrected chi connectivity index (χ3v) is 5.98. The normalized spacial score (nSPS) is 17.6. The number of halogens is 5. The first-order valence-electron chi connectivity index (χ1n) is 8.06. The van der Waals surface area contributed by atoms with E-state index in [0.29, 0.717) is 5.69 Å². The van der Waals surface area contributed by atoms with Gasteiger partial charge < -0.3 is 4.98 Å². The van der Waals surface area contributed by atoms with Crippen LogP contribution in [0.2, 0.25) is 0 Å². The number of aromatic nitrogens is 1. The van der Waals surface area contributed by atoms with E-state index in [1.54, 1.807) is 4.72 Å². The van der Waals surface area contributed by atoms with Crippen LogP contribution in [-0.4, -0.2) is 13.4 Å². The topological polar surface area (TPSA) is 62.0 Å². The highest BCUT2D eigenvalue weighted by Crippen LogP contribution is 2.50. The van der Waals surface area contributed by atoms with E-state index < -0.39 is 39.1 Å². The van der Waals surface area contributed by atoms with Crippen molar-refractivity contribution in [3.8, 4) is 0 Å². The predicted octanol–water partition coefficient (Wildman–Crippen LogP) is 5.02. The summed E-state index contributed by atoms with van der Waals surface area (Å²) < 4.78 is 91.8. The highest BCUT2D eigenvalue weighted by atomic mass is 32.2. The average Bonchev–Trinajstić information content (AvgIpc) is 2.97. The van der Waals surface area contributed by atoms with E-state index in [1.165, 1.54) is 12.3 Å². The lowest BCUT2D eigenvalue weighted by molar-refractivity contribution is -0.140. The standard InChI is InChI=1S/C17H17F5N2O2S/c1-16(2)6-9(7-16)14-3-10(8-23-14)27(25,26)24-15-5-12(18)11(4-13(15)19)17(20,21)22/h3-5,8-9,23-24H,6-7H2,1-2H3. The number of hydrogen-bond donors (Lipinski definition) is 2. The van der Waals surface area contributed by atoms with E-state index in [-0.39, 0.29) is 28.4 Å². The number of alkyl halides is 3. The van der Waals surface area contributed by atoms with Gasteiger partial charge in [0.1, 0.15) is 16.5 Å². The Kier molecular flexibility index (Phi) is 4.53. The first-order chi connectivity index (χ1) is 12.3. The van der Waals surface area contributed by atoms with Gasteiger partial charge in [-0.2, -0.15) is 13.2 Å². The van der Waals surface area contributed by atoms with Gasteiger partial charge in [0.2, 0.25) is 0 Å². The molecule has 148 valence electrons. The van der Waals surface area contributed by atoms with E-state index in [2.05, 4.69) is 18.8 Å². The average molecular weight is 408 g/mol. The Morgan fingerprint density at radius 1 is 1.11 bits per heavy atom. The first-order valence-corrected chi connectivity index (χ1v) is 9.54. The number of rotatable bonds is 4. The van der Waals surface area contributed by atoms with Gasteiger partial charge in [0.25, 0.3) is 10.0 Å². The molecule has 0 saturated heterocycles. The maximum atomic E-state index is 13.9. The molecule has 4 nitrogen and oxygen atoms in total. The molecule has 1 aromatic heterocycles. The molecule has 1 saturated carbocycles. The zero-order chi connectivity index (χ0) is 20.2. The summed E-state index contributed by atoms with van der Waals surface area (Å²) in [6.07, 6.45) is -2.13. The van der Waals surface area contributed by atoms with Crippen molar-refractivity contribution in [1.29, 1.82) is 0 Å². The third kappa shape index (κ3) is 3.95. The van der Waals surface area contributed by atoms with Crippen LogP contribution < -0.4 is 4.72 Å². The molecule has 0 unspecified atom stereocenters. The molecular formula is C17H17F5N2O2S. The maximum absolute atomic E-state index is 13.9. The van der Waals surface area contributed by atoms with Crippen LogP contribution in [0.25, 0.3) is 0 Å². The highest BCUT2D eigenvalue weighted by Gasteiger charge is 2.38. The molecule has 3 rings (SSSR count). The fourth-order valence-electron chi connectivity index (χ4n) is 3.32. The minimum absolute atomic E-state index is 0.0772. The lowest BCUT2D eigenvalue weighted by Crippen LogP contribution is -2.29. The molecule has 0 spiro atoms. The molecule has 0 atom stereocenters. The summed E-state index contributed by atoms with van der Waals surface area (Å²) >= 11 is 0. The van der Waals surface area contributed by atoms with Gasteiger partial charge >= 0.3 is 6.18 Å². The van der Waals surface area contributed by atoms with Crippen LogP contribution in [0, 0.1) is 17.0 Å².